The van der Waals surface area contributed by atoms with E-state index in [1.807, 2.05) is 36.4 Å². The number of para-hydroxylation sites is 2. The average Bonchev–Trinajstić information content (AvgIpc) is 2.82. The summed E-state index contributed by atoms with van der Waals surface area (Å²) in [5.41, 5.74) is 1.73. The van der Waals surface area contributed by atoms with Gasteiger partial charge in [0.1, 0.15) is 11.7 Å². The number of benzene rings is 3. The van der Waals surface area contributed by atoms with Crippen molar-refractivity contribution in [2.75, 3.05) is 18.4 Å². The summed E-state index contributed by atoms with van der Waals surface area (Å²) in [5, 5.41) is 19.7. The van der Waals surface area contributed by atoms with E-state index in [0.717, 1.165) is 5.56 Å². The first-order valence-electron chi connectivity index (χ1n) is 10.2. The number of nitro groups is 1. The molecule has 1 atom stereocenters. The third-order valence-electron chi connectivity index (χ3n) is 4.78. The molecule has 0 spiro atoms. The Hall–Kier alpha value is -4.20. The Labute approximate surface area is 185 Å². The molecule has 0 aliphatic rings. The molecular weight excluding hydrogens is 408 g/mol. The van der Waals surface area contributed by atoms with Crippen molar-refractivity contribution in [3.8, 4) is 0 Å². The number of nitro benzene ring substituents is 1. The molecule has 3 aromatic carbocycles. The normalized spacial score (nSPS) is 11.2. The van der Waals surface area contributed by atoms with Crippen molar-refractivity contribution in [2.45, 2.75) is 12.5 Å². The molecule has 3 rings (SSSR count). The van der Waals surface area contributed by atoms with Crippen LogP contribution in [0.1, 0.15) is 15.9 Å². The van der Waals surface area contributed by atoms with E-state index in [1.165, 1.54) is 6.07 Å². The lowest BCUT2D eigenvalue weighted by molar-refractivity contribution is -0.384. The predicted octanol–water partition coefficient (Wildman–Crippen LogP) is 3.16. The zero-order valence-corrected chi connectivity index (χ0v) is 17.4. The van der Waals surface area contributed by atoms with Crippen molar-refractivity contribution in [3.63, 3.8) is 0 Å². The number of amides is 2. The van der Waals surface area contributed by atoms with E-state index in [-0.39, 0.29) is 24.0 Å². The van der Waals surface area contributed by atoms with Gasteiger partial charge in [0.2, 0.25) is 5.91 Å². The first-order chi connectivity index (χ1) is 15.5. The SMILES string of the molecule is O=C(N[C@@H](Cc1ccccc1)C(=O)NCCNc1ccccc1[N+](=O)[O-])c1ccccc1. The highest BCUT2D eigenvalue weighted by Gasteiger charge is 2.21. The van der Waals surface area contributed by atoms with Gasteiger partial charge in [0.05, 0.1) is 4.92 Å². The van der Waals surface area contributed by atoms with Gasteiger partial charge in [-0.25, -0.2) is 0 Å². The minimum absolute atomic E-state index is 0.0316. The van der Waals surface area contributed by atoms with Gasteiger partial charge in [-0.3, -0.25) is 19.7 Å². The number of nitrogens with zero attached hydrogens (tertiary/aromatic N) is 1. The van der Waals surface area contributed by atoms with Crippen LogP contribution in [0.4, 0.5) is 11.4 Å². The molecule has 0 radical (unpaired) electrons. The molecule has 0 aromatic heterocycles. The number of carbonyl (C=O) groups excluding carboxylic acids is 2. The van der Waals surface area contributed by atoms with Crippen LogP contribution in [0.3, 0.4) is 0 Å². The van der Waals surface area contributed by atoms with E-state index in [1.54, 1.807) is 42.5 Å². The Morgan fingerprint density at radius 3 is 2.16 bits per heavy atom. The molecule has 0 unspecified atom stereocenters. The van der Waals surface area contributed by atoms with Crippen LogP contribution < -0.4 is 16.0 Å². The van der Waals surface area contributed by atoms with E-state index in [4.69, 9.17) is 0 Å². The van der Waals surface area contributed by atoms with Gasteiger partial charge in [-0.15, -0.1) is 0 Å². The molecule has 8 heteroatoms. The molecule has 3 aromatic rings. The van der Waals surface area contributed by atoms with Crippen LogP contribution in [0, 0.1) is 10.1 Å². The summed E-state index contributed by atoms with van der Waals surface area (Å²) in [6.07, 6.45) is 0.336. The largest absolute Gasteiger partial charge is 0.378 e. The fraction of sp³-hybridized carbons (Fsp3) is 0.167. The molecule has 0 saturated heterocycles. The fourth-order valence-corrected chi connectivity index (χ4v) is 3.18. The molecule has 164 valence electrons. The van der Waals surface area contributed by atoms with Crippen molar-refractivity contribution in [1.82, 2.24) is 10.6 Å². The summed E-state index contributed by atoms with van der Waals surface area (Å²) >= 11 is 0. The predicted molar refractivity (Wildman–Crippen MR) is 122 cm³/mol. The average molecular weight is 432 g/mol. The molecule has 0 aliphatic heterocycles. The summed E-state index contributed by atoms with van der Waals surface area (Å²) in [6.45, 7) is 0.526. The summed E-state index contributed by atoms with van der Waals surface area (Å²) < 4.78 is 0. The monoisotopic (exact) mass is 432 g/mol. The molecule has 8 nitrogen and oxygen atoms in total. The summed E-state index contributed by atoms with van der Waals surface area (Å²) in [7, 11) is 0. The highest BCUT2D eigenvalue weighted by Crippen LogP contribution is 2.22. The van der Waals surface area contributed by atoms with E-state index in [9.17, 15) is 19.7 Å². The van der Waals surface area contributed by atoms with Crippen LogP contribution in [0.5, 0.6) is 0 Å². The molecular formula is C24H24N4O4. The van der Waals surface area contributed by atoms with Crippen LogP contribution >= 0.6 is 0 Å². The van der Waals surface area contributed by atoms with Crippen LogP contribution in [0.2, 0.25) is 0 Å². The number of rotatable bonds is 10. The van der Waals surface area contributed by atoms with Crippen molar-refractivity contribution < 1.29 is 14.5 Å². The van der Waals surface area contributed by atoms with Gasteiger partial charge in [0, 0.05) is 31.1 Å². The van der Waals surface area contributed by atoms with Gasteiger partial charge in [-0.05, 0) is 23.8 Å². The van der Waals surface area contributed by atoms with Crippen molar-refractivity contribution in [3.05, 3.63) is 106 Å². The maximum absolute atomic E-state index is 12.8. The Bertz CT molecular complexity index is 1060. The van der Waals surface area contributed by atoms with Crippen LogP contribution in [-0.2, 0) is 11.2 Å². The summed E-state index contributed by atoms with van der Waals surface area (Å²) in [5.74, 6) is -0.665. The standard InChI is InChI=1S/C24H24N4O4/c29-23(19-11-5-2-6-12-19)27-21(17-18-9-3-1-4-10-18)24(30)26-16-15-25-20-13-7-8-14-22(20)28(31)32/h1-14,21,25H,15-17H2,(H,26,30)(H,27,29)/t21-/m0/s1. The molecule has 0 saturated carbocycles. The first kappa shape index (κ1) is 22.5. The second kappa shape index (κ2) is 11.3. The van der Waals surface area contributed by atoms with Gasteiger partial charge in [-0.1, -0.05) is 60.7 Å². The summed E-state index contributed by atoms with van der Waals surface area (Å²) in [6, 6.07) is 23.7. The molecule has 0 bridgehead atoms. The number of hydrogen-bond donors (Lipinski definition) is 3. The first-order valence-corrected chi connectivity index (χ1v) is 10.2. The number of nitrogens with one attached hydrogen (secondary N) is 3. The van der Waals surface area contributed by atoms with E-state index < -0.39 is 11.0 Å². The van der Waals surface area contributed by atoms with E-state index >= 15 is 0 Å². The maximum Gasteiger partial charge on any atom is 0.292 e. The van der Waals surface area contributed by atoms with Crippen LogP contribution in [-0.4, -0.2) is 35.9 Å². The summed E-state index contributed by atoms with van der Waals surface area (Å²) in [4.78, 5) is 36.1. The third kappa shape index (κ3) is 6.40. The third-order valence-corrected chi connectivity index (χ3v) is 4.78. The minimum atomic E-state index is -0.767. The van der Waals surface area contributed by atoms with Gasteiger partial charge >= 0.3 is 0 Å². The quantitative estimate of drug-likeness (QED) is 0.259. The Morgan fingerprint density at radius 1 is 0.844 bits per heavy atom. The molecule has 0 heterocycles. The Kier molecular flexibility index (Phi) is 7.91. The lowest BCUT2D eigenvalue weighted by Gasteiger charge is -2.19. The number of anilines is 1. The van der Waals surface area contributed by atoms with Crippen LogP contribution in [0.25, 0.3) is 0 Å². The van der Waals surface area contributed by atoms with Crippen molar-refractivity contribution in [1.29, 1.82) is 0 Å². The van der Waals surface area contributed by atoms with Gasteiger partial charge in [0.15, 0.2) is 0 Å². The fourth-order valence-electron chi connectivity index (χ4n) is 3.18. The van der Waals surface area contributed by atoms with Gasteiger partial charge < -0.3 is 16.0 Å². The number of hydrogen-bond acceptors (Lipinski definition) is 5. The maximum atomic E-state index is 12.8. The van der Waals surface area contributed by atoms with Crippen molar-refractivity contribution in [2.24, 2.45) is 0 Å². The lowest BCUT2D eigenvalue weighted by Crippen LogP contribution is -2.48. The zero-order valence-electron chi connectivity index (χ0n) is 17.4. The zero-order chi connectivity index (χ0) is 22.8. The molecule has 32 heavy (non-hydrogen) atoms. The van der Waals surface area contributed by atoms with Gasteiger partial charge in [0.25, 0.3) is 11.6 Å². The highest BCUT2D eigenvalue weighted by molar-refractivity contribution is 5.97. The highest BCUT2D eigenvalue weighted by atomic mass is 16.6. The van der Waals surface area contributed by atoms with Gasteiger partial charge in [-0.2, -0.15) is 0 Å². The topological polar surface area (TPSA) is 113 Å². The molecule has 3 N–H and O–H groups in total. The van der Waals surface area contributed by atoms with Crippen LogP contribution in [0.15, 0.2) is 84.9 Å². The van der Waals surface area contributed by atoms with Crippen molar-refractivity contribution >= 4 is 23.2 Å². The Balaban J connectivity index is 1.60. The smallest absolute Gasteiger partial charge is 0.292 e. The Morgan fingerprint density at radius 2 is 1.47 bits per heavy atom. The molecule has 0 aliphatic carbocycles. The number of carbonyl (C=O) groups is 2. The molecule has 0 fully saturated rings. The second-order valence-electron chi connectivity index (χ2n) is 7.07. The minimum Gasteiger partial charge on any atom is -0.378 e. The molecule has 2 amide bonds. The van der Waals surface area contributed by atoms with E-state index in [2.05, 4.69) is 16.0 Å². The van der Waals surface area contributed by atoms with E-state index in [0.29, 0.717) is 24.2 Å². The lowest BCUT2D eigenvalue weighted by atomic mass is 10.0. The second-order valence-corrected chi connectivity index (χ2v) is 7.07.